The van der Waals surface area contributed by atoms with Gasteiger partial charge in [-0.25, -0.2) is 4.79 Å². The van der Waals surface area contributed by atoms with Crippen LogP contribution in [0, 0.1) is 5.41 Å². The second-order valence-corrected chi connectivity index (χ2v) is 7.13. The highest BCUT2D eigenvalue weighted by atomic mass is 127. The molecule has 7 heteroatoms. The van der Waals surface area contributed by atoms with Gasteiger partial charge in [-0.05, 0) is 44.4 Å². The maximum absolute atomic E-state index is 11.6. The van der Waals surface area contributed by atoms with Gasteiger partial charge in [0.2, 0.25) is 0 Å². The highest BCUT2D eigenvalue weighted by Crippen LogP contribution is 2.41. The zero-order valence-corrected chi connectivity index (χ0v) is 18.3. The molecule has 0 aromatic rings. The molecule has 0 atom stereocenters. The van der Waals surface area contributed by atoms with E-state index in [0.29, 0.717) is 11.5 Å². The Balaban J connectivity index is 0.00000312. The Morgan fingerprint density at radius 1 is 1.24 bits per heavy atom. The normalized spacial score (nSPS) is 20.8. The fourth-order valence-corrected chi connectivity index (χ4v) is 3.84. The first-order chi connectivity index (χ1) is 11.6. The summed E-state index contributed by atoms with van der Waals surface area (Å²) in [5, 5.41) is 6.93. The lowest BCUT2D eigenvalue weighted by Crippen LogP contribution is -2.50. The molecule has 25 heavy (non-hydrogen) atoms. The van der Waals surface area contributed by atoms with Gasteiger partial charge < -0.3 is 20.3 Å². The third-order valence-corrected chi connectivity index (χ3v) is 5.60. The number of nitrogens with zero attached hydrogens (tertiary/aromatic N) is 2. The molecule has 2 fully saturated rings. The van der Waals surface area contributed by atoms with Crippen molar-refractivity contribution in [3.05, 3.63) is 0 Å². The van der Waals surface area contributed by atoms with Crippen LogP contribution >= 0.6 is 24.0 Å². The van der Waals surface area contributed by atoms with Crippen LogP contribution in [0.15, 0.2) is 4.99 Å². The molecule has 1 amide bonds. The molecular formula is C18H35IN4O2. The smallest absolute Gasteiger partial charge is 0.409 e. The standard InChI is InChI=1S/C18H34N4O2.HI/c1-4-18(10-6-7-11-18)14-20-16(19-5-2)21-15-8-12-22(13-9-15)17(23)24-3;/h15H,4-14H2,1-3H3,(H2,19,20,21);1H. The van der Waals surface area contributed by atoms with E-state index in [1.807, 2.05) is 0 Å². The minimum Gasteiger partial charge on any atom is -0.453 e. The van der Waals surface area contributed by atoms with E-state index < -0.39 is 0 Å². The van der Waals surface area contributed by atoms with Crippen molar-refractivity contribution in [1.82, 2.24) is 15.5 Å². The third kappa shape index (κ3) is 6.49. The molecule has 1 heterocycles. The Bertz CT molecular complexity index is 431. The summed E-state index contributed by atoms with van der Waals surface area (Å²) < 4.78 is 4.79. The summed E-state index contributed by atoms with van der Waals surface area (Å²) in [6.07, 6.45) is 8.16. The zero-order valence-electron chi connectivity index (χ0n) is 16.0. The fraction of sp³-hybridized carbons (Fsp3) is 0.889. The largest absolute Gasteiger partial charge is 0.453 e. The maximum Gasteiger partial charge on any atom is 0.409 e. The molecule has 0 radical (unpaired) electrons. The summed E-state index contributed by atoms with van der Waals surface area (Å²) in [6.45, 7) is 7.66. The minimum atomic E-state index is -0.222. The molecule has 1 aliphatic carbocycles. The van der Waals surface area contributed by atoms with Crippen LogP contribution in [-0.4, -0.2) is 56.3 Å². The van der Waals surface area contributed by atoms with E-state index in [2.05, 4.69) is 24.5 Å². The van der Waals surface area contributed by atoms with Crippen molar-refractivity contribution in [2.75, 3.05) is 33.3 Å². The first-order valence-corrected chi connectivity index (χ1v) is 9.50. The SMILES string of the molecule is CCNC(=NCC1(CC)CCCC1)NC1CCN(C(=O)OC)CC1.I. The number of hydrogen-bond donors (Lipinski definition) is 2. The van der Waals surface area contributed by atoms with Crippen molar-refractivity contribution in [2.24, 2.45) is 10.4 Å². The predicted molar refractivity (Wildman–Crippen MR) is 113 cm³/mol. The lowest BCUT2D eigenvalue weighted by molar-refractivity contribution is 0.111. The number of aliphatic imine (C=N–C) groups is 1. The Morgan fingerprint density at radius 3 is 2.40 bits per heavy atom. The van der Waals surface area contributed by atoms with E-state index in [4.69, 9.17) is 9.73 Å². The van der Waals surface area contributed by atoms with Gasteiger partial charge in [-0.1, -0.05) is 19.8 Å². The summed E-state index contributed by atoms with van der Waals surface area (Å²) in [4.78, 5) is 18.2. The molecule has 0 unspecified atom stereocenters. The van der Waals surface area contributed by atoms with Crippen molar-refractivity contribution in [1.29, 1.82) is 0 Å². The Labute approximate surface area is 169 Å². The molecule has 1 aliphatic heterocycles. The van der Waals surface area contributed by atoms with Gasteiger partial charge in [-0.2, -0.15) is 0 Å². The Kier molecular flexibility index (Phi) is 9.89. The van der Waals surface area contributed by atoms with Crippen LogP contribution in [0.2, 0.25) is 0 Å². The van der Waals surface area contributed by atoms with Gasteiger partial charge in [-0.3, -0.25) is 4.99 Å². The van der Waals surface area contributed by atoms with Crippen LogP contribution in [0.4, 0.5) is 4.79 Å². The average molecular weight is 466 g/mol. The molecule has 2 N–H and O–H groups in total. The summed E-state index contributed by atoms with van der Waals surface area (Å²) in [5.74, 6) is 0.925. The van der Waals surface area contributed by atoms with E-state index >= 15 is 0 Å². The highest BCUT2D eigenvalue weighted by molar-refractivity contribution is 14.0. The Morgan fingerprint density at radius 2 is 1.88 bits per heavy atom. The molecule has 0 bridgehead atoms. The van der Waals surface area contributed by atoms with Crippen molar-refractivity contribution in [3.8, 4) is 0 Å². The number of carbonyl (C=O) groups is 1. The van der Waals surface area contributed by atoms with Gasteiger partial charge in [0.1, 0.15) is 0 Å². The van der Waals surface area contributed by atoms with Gasteiger partial charge in [0, 0.05) is 32.2 Å². The quantitative estimate of drug-likeness (QED) is 0.371. The molecule has 2 aliphatic rings. The second kappa shape index (κ2) is 11.1. The predicted octanol–water partition coefficient (Wildman–Crippen LogP) is 3.36. The molecule has 1 saturated heterocycles. The monoisotopic (exact) mass is 466 g/mol. The molecule has 0 spiro atoms. The fourth-order valence-electron chi connectivity index (χ4n) is 3.84. The van der Waals surface area contributed by atoms with Crippen LogP contribution in [0.3, 0.4) is 0 Å². The number of nitrogens with one attached hydrogen (secondary N) is 2. The van der Waals surface area contributed by atoms with Crippen molar-refractivity contribution >= 4 is 36.0 Å². The van der Waals surface area contributed by atoms with Gasteiger partial charge in [-0.15, -0.1) is 24.0 Å². The zero-order chi connectivity index (χ0) is 17.4. The lowest BCUT2D eigenvalue weighted by atomic mass is 9.84. The molecular weight excluding hydrogens is 431 g/mol. The molecule has 2 rings (SSSR count). The van der Waals surface area contributed by atoms with Crippen molar-refractivity contribution in [2.45, 2.75) is 64.8 Å². The third-order valence-electron chi connectivity index (χ3n) is 5.60. The number of rotatable bonds is 5. The number of likely N-dealkylation sites (tertiary alicyclic amines) is 1. The van der Waals surface area contributed by atoms with E-state index in [9.17, 15) is 4.79 Å². The molecule has 0 aromatic carbocycles. The first kappa shape index (κ1) is 22.3. The van der Waals surface area contributed by atoms with E-state index in [1.165, 1.54) is 39.2 Å². The van der Waals surface area contributed by atoms with E-state index in [-0.39, 0.29) is 30.1 Å². The number of methoxy groups -OCH3 is 1. The van der Waals surface area contributed by atoms with Crippen molar-refractivity contribution < 1.29 is 9.53 Å². The molecule has 6 nitrogen and oxygen atoms in total. The number of halogens is 1. The van der Waals surface area contributed by atoms with Crippen LogP contribution in [-0.2, 0) is 4.74 Å². The molecule has 146 valence electrons. The number of guanidine groups is 1. The lowest BCUT2D eigenvalue weighted by Gasteiger charge is -2.32. The van der Waals surface area contributed by atoms with Gasteiger partial charge >= 0.3 is 6.09 Å². The van der Waals surface area contributed by atoms with Crippen LogP contribution in [0.5, 0.6) is 0 Å². The van der Waals surface area contributed by atoms with Gasteiger partial charge in [0.05, 0.1) is 7.11 Å². The maximum atomic E-state index is 11.6. The average Bonchev–Trinajstić information content (AvgIpc) is 3.09. The number of ether oxygens (including phenoxy) is 1. The first-order valence-electron chi connectivity index (χ1n) is 9.50. The summed E-state index contributed by atoms with van der Waals surface area (Å²) >= 11 is 0. The number of hydrogen-bond acceptors (Lipinski definition) is 3. The Hall–Kier alpha value is -0.730. The number of amides is 1. The summed E-state index contributed by atoms with van der Waals surface area (Å²) in [6, 6.07) is 0.366. The summed E-state index contributed by atoms with van der Waals surface area (Å²) in [7, 11) is 1.44. The number of carbonyl (C=O) groups excluding carboxylic acids is 1. The molecule has 0 aromatic heterocycles. The number of piperidine rings is 1. The van der Waals surface area contributed by atoms with Crippen LogP contribution in [0.1, 0.15) is 58.8 Å². The van der Waals surface area contributed by atoms with Crippen LogP contribution < -0.4 is 10.6 Å². The van der Waals surface area contributed by atoms with Gasteiger partial charge in [0.15, 0.2) is 5.96 Å². The van der Waals surface area contributed by atoms with Gasteiger partial charge in [0.25, 0.3) is 0 Å². The minimum absolute atomic E-state index is 0. The van der Waals surface area contributed by atoms with E-state index in [1.54, 1.807) is 4.90 Å². The molecule has 1 saturated carbocycles. The van der Waals surface area contributed by atoms with E-state index in [0.717, 1.165) is 45.0 Å². The topological polar surface area (TPSA) is 66.0 Å². The van der Waals surface area contributed by atoms with Crippen LogP contribution in [0.25, 0.3) is 0 Å². The second-order valence-electron chi connectivity index (χ2n) is 7.13. The summed E-state index contributed by atoms with van der Waals surface area (Å²) in [5.41, 5.74) is 0.413. The highest BCUT2D eigenvalue weighted by Gasteiger charge is 2.32. The van der Waals surface area contributed by atoms with Crippen molar-refractivity contribution in [3.63, 3.8) is 0 Å².